The third-order valence-electron chi connectivity index (χ3n) is 2.09. The minimum absolute atomic E-state index is 0.524. The molecule has 0 saturated heterocycles. The minimum Gasteiger partial charge on any atom is -0.379 e. The van der Waals surface area contributed by atoms with Crippen molar-refractivity contribution < 1.29 is 0 Å². The number of rotatable bonds is 1. The van der Waals surface area contributed by atoms with Gasteiger partial charge in [0.05, 0.1) is 6.04 Å². The van der Waals surface area contributed by atoms with Gasteiger partial charge in [0, 0.05) is 0 Å². The first kappa shape index (κ1) is 8.91. The zero-order valence-electron chi connectivity index (χ0n) is 7.05. The highest BCUT2D eigenvalue weighted by atomic mass is 32.2. The molecule has 1 rings (SSSR count). The van der Waals surface area contributed by atoms with Crippen LogP contribution in [0, 0.1) is 0 Å². The normalized spacial score (nSPS) is 22.1. The van der Waals surface area contributed by atoms with Crippen LogP contribution in [0.2, 0.25) is 0 Å². The Labute approximate surface area is 72.6 Å². The van der Waals surface area contributed by atoms with E-state index < -0.39 is 0 Å². The molecule has 11 heavy (non-hydrogen) atoms. The van der Waals surface area contributed by atoms with Crippen molar-refractivity contribution in [3.05, 3.63) is 0 Å². The summed E-state index contributed by atoms with van der Waals surface area (Å²) in [6.45, 7) is 0. The molecule has 1 aliphatic rings. The van der Waals surface area contributed by atoms with Gasteiger partial charge in [0.2, 0.25) is 0 Å². The molecule has 3 heteroatoms. The van der Waals surface area contributed by atoms with E-state index in [-0.39, 0.29) is 0 Å². The molecule has 0 amide bonds. The fraction of sp³-hybridized carbons (Fsp3) is 0.875. The Kier molecular flexibility index (Phi) is 3.77. The first-order valence-electron chi connectivity index (χ1n) is 4.20. The van der Waals surface area contributed by atoms with Gasteiger partial charge in [0.1, 0.15) is 0 Å². The topological polar surface area (TPSA) is 38.4 Å². The van der Waals surface area contributed by atoms with Crippen LogP contribution in [-0.2, 0) is 0 Å². The molecule has 1 aliphatic carbocycles. The lowest BCUT2D eigenvalue weighted by Crippen LogP contribution is -2.15. The Morgan fingerprint density at radius 1 is 1.36 bits per heavy atom. The van der Waals surface area contributed by atoms with Crippen molar-refractivity contribution in [3.8, 4) is 0 Å². The third kappa shape index (κ3) is 3.14. The van der Waals surface area contributed by atoms with Crippen molar-refractivity contribution >= 4 is 16.9 Å². The van der Waals surface area contributed by atoms with E-state index in [0.717, 1.165) is 5.17 Å². The number of nitrogens with two attached hydrogens (primary N) is 1. The molecule has 0 radical (unpaired) electrons. The van der Waals surface area contributed by atoms with Crippen molar-refractivity contribution in [3.63, 3.8) is 0 Å². The molecule has 1 saturated carbocycles. The van der Waals surface area contributed by atoms with Gasteiger partial charge in [0.25, 0.3) is 0 Å². The molecule has 0 atom stereocenters. The summed E-state index contributed by atoms with van der Waals surface area (Å²) in [5, 5.41) is 0.747. The zero-order chi connectivity index (χ0) is 8.10. The van der Waals surface area contributed by atoms with Crippen LogP contribution in [-0.4, -0.2) is 17.5 Å². The average Bonchev–Trinajstić information content (AvgIpc) is 2.06. The highest BCUT2D eigenvalue weighted by Crippen LogP contribution is 2.20. The summed E-state index contributed by atoms with van der Waals surface area (Å²) in [4.78, 5) is 4.41. The van der Waals surface area contributed by atoms with Crippen LogP contribution in [0.5, 0.6) is 0 Å². The van der Waals surface area contributed by atoms with E-state index in [4.69, 9.17) is 5.73 Å². The van der Waals surface area contributed by atoms with Gasteiger partial charge in [0.15, 0.2) is 5.17 Å². The minimum atomic E-state index is 0.524. The van der Waals surface area contributed by atoms with Gasteiger partial charge < -0.3 is 5.73 Å². The van der Waals surface area contributed by atoms with Crippen molar-refractivity contribution in [2.45, 2.75) is 38.1 Å². The molecule has 0 aromatic heterocycles. The summed E-state index contributed by atoms with van der Waals surface area (Å²) in [7, 11) is 0. The van der Waals surface area contributed by atoms with Crippen LogP contribution in [0.1, 0.15) is 32.1 Å². The van der Waals surface area contributed by atoms with E-state index in [1.807, 2.05) is 6.26 Å². The van der Waals surface area contributed by atoms with Crippen LogP contribution in [0.3, 0.4) is 0 Å². The van der Waals surface area contributed by atoms with E-state index in [9.17, 15) is 0 Å². The summed E-state index contributed by atoms with van der Waals surface area (Å²) in [5.74, 6) is 0. The standard InChI is InChI=1S/C8H16N2S/c1-11-8(9)10-7-5-3-2-4-6-7/h7H,2-6H2,1H3,(H2,9,10). The Bertz CT molecular complexity index is 139. The monoisotopic (exact) mass is 172 g/mol. The summed E-state index contributed by atoms with van der Waals surface area (Å²) in [5.41, 5.74) is 5.62. The van der Waals surface area contributed by atoms with Crippen LogP contribution < -0.4 is 5.73 Å². The zero-order valence-corrected chi connectivity index (χ0v) is 7.86. The lowest BCUT2D eigenvalue weighted by molar-refractivity contribution is 0.444. The lowest BCUT2D eigenvalue weighted by Gasteiger charge is -2.17. The molecular weight excluding hydrogens is 156 g/mol. The molecule has 0 aromatic carbocycles. The van der Waals surface area contributed by atoms with Gasteiger partial charge in [-0.1, -0.05) is 31.0 Å². The summed E-state index contributed by atoms with van der Waals surface area (Å²) < 4.78 is 0. The molecule has 0 aliphatic heterocycles. The van der Waals surface area contributed by atoms with Crippen molar-refractivity contribution in [2.75, 3.05) is 6.26 Å². The quantitative estimate of drug-likeness (QED) is 0.485. The van der Waals surface area contributed by atoms with Crippen molar-refractivity contribution in [1.29, 1.82) is 0 Å². The smallest absolute Gasteiger partial charge is 0.153 e. The predicted octanol–water partition coefficient (Wildman–Crippen LogP) is 2.00. The largest absolute Gasteiger partial charge is 0.379 e. The molecule has 0 heterocycles. The molecular formula is C8H16N2S. The van der Waals surface area contributed by atoms with Crippen molar-refractivity contribution in [2.24, 2.45) is 10.7 Å². The first-order valence-corrected chi connectivity index (χ1v) is 5.42. The Morgan fingerprint density at radius 2 is 2.00 bits per heavy atom. The number of hydrogen-bond acceptors (Lipinski definition) is 2. The van der Waals surface area contributed by atoms with Crippen LogP contribution >= 0.6 is 11.8 Å². The summed E-state index contributed by atoms with van der Waals surface area (Å²) >= 11 is 1.55. The maximum Gasteiger partial charge on any atom is 0.153 e. The first-order chi connectivity index (χ1) is 5.33. The van der Waals surface area contributed by atoms with E-state index in [2.05, 4.69) is 4.99 Å². The fourth-order valence-corrected chi connectivity index (χ4v) is 1.70. The van der Waals surface area contributed by atoms with Gasteiger partial charge in [-0.25, -0.2) is 0 Å². The van der Waals surface area contributed by atoms with Gasteiger partial charge in [-0.05, 0) is 19.1 Å². The number of nitrogens with zero attached hydrogens (tertiary/aromatic N) is 1. The molecule has 64 valence electrons. The lowest BCUT2D eigenvalue weighted by atomic mass is 9.96. The molecule has 0 spiro atoms. The SMILES string of the molecule is CSC(N)=NC1CCCCC1. The number of hydrogen-bond donors (Lipinski definition) is 1. The van der Waals surface area contributed by atoms with Crippen LogP contribution in [0.4, 0.5) is 0 Å². The molecule has 0 aromatic rings. The fourth-order valence-electron chi connectivity index (χ4n) is 1.44. The average molecular weight is 172 g/mol. The third-order valence-corrected chi connectivity index (χ3v) is 2.62. The Balaban J connectivity index is 2.34. The van der Waals surface area contributed by atoms with E-state index >= 15 is 0 Å². The number of aliphatic imine (C=N–C) groups is 1. The number of thioether (sulfide) groups is 1. The van der Waals surface area contributed by atoms with Gasteiger partial charge in [-0.2, -0.15) is 0 Å². The maximum absolute atomic E-state index is 5.62. The van der Waals surface area contributed by atoms with Gasteiger partial charge in [-0.3, -0.25) is 4.99 Å². The maximum atomic E-state index is 5.62. The van der Waals surface area contributed by atoms with E-state index in [1.165, 1.54) is 32.1 Å². The molecule has 2 N–H and O–H groups in total. The van der Waals surface area contributed by atoms with E-state index in [1.54, 1.807) is 11.8 Å². The van der Waals surface area contributed by atoms with Crippen LogP contribution in [0.15, 0.2) is 4.99 Å². The van der Waals surface area contributed by atoms with Gasteiger partial charge in [-0.15, -0.1) is 0 Å². The second-order valence-electron chi connectivity index (χ2n) is 2.96. The van der Waals surface area contributed by atoms with Crippen LogP contribution in [0.25, 0.3) is 0 Å². The van der Waals surface area contributed by atoms with E-state index in [0.29, 0.717) is 6.04 Å². The number of amidine groups is 1. The van der Waals surface area contributed by atoms with Gasteiger partial charge >= 0.3 is 0 Å². The second-order valence-corrected chi connectivity index (χ2v) is 3.79. The highest BCUT2D eigenvalue weighted by Gasteiger charge is 2.11. The second kappa shape index (κ2) is 4.65. The van der Waals surface area contributed by atoms with Crippen molar-refractivity contribution in [1.82, 2.24) is 0 Å². The molecule has 0 bridgehead atoms. The molecule has 0 unspecified atom stereocenters. The molecule has 1 fully saturated rings. The summed E-state index contributed by atoms with van der Waals surface area (Å²) in [6.07, 6.45) is 8.49. The molecule has 2 nitrogen and oxygen atoms in total. The predicted molar refractivity (Wildman–Crippen MR) is 52.0 cm³/mol. The highest BCUT2D eigenvalue weighted by molar-refractivity contribution is 8.13. The summed E-state index contributed by atoms with van der Waals surface area (Å²) in [6, 6.07) is 0.524. The Hall–Kier alpha value is -0.180. The Morgan fingerprint density at radius 3 is 2.55 bits per heavy atom.